The topological polar surface area (TPSA) is 54.9 Å². The van der Waals surface area contributed by atoms with E-state index in [0.29, 0.717) is 12.0 Å². The summed E-state index contributed by atoms with van der Waals surface area (Å²) in [7, 11) is 0. The summed E-state index contributed by atoms with van der Waals surface area (Å²) >= 11 is 1.59. The fourth-order valence-electron chi connectivity index (χ4n) is 1.58. The van der Waals surface area contributed by atoms with Crippen LogP contribution in [0.2, 0.25) is 0 Å². The van der Waals surface area contributed by atoms with Gasteiger partial charge in [0.25, 0.3) is 0 Å². The zero-order valence-corrected chi connectivity index (χ0v) is 8.17. The minimum Gasteiger partial charge on any atom is -0.354 e. The maximum absolute atomic E-state index is 10.7. The van der Waals surface area contributed by atoms with Crippen LogP contribution in [-0.4, -0.2) is 22.1 Å². The van der Waals surface area contributed by atoms with Gasteiger partial charge in [-0.2, -0.15) is 0 Å². The normalized spacial score (nSPS) is 26.5. The molecule has 4 nitrogen and oxygen atoms in total. The molecule has 0 aliphatic heterocycles. The lowest BCUT2D eigenvalue weighted by atomic mass is 9.81. The fraction of sp³-hybridized carbons (Fsp3) is 0.625. The molecule has 0 spiro atoms. The Labute approximate surface area is 80.4 Å². The Morgan fingerprint density at radius 1 is 1.69 bits per heavy atom. The molecule has 0 unspecified atom stereocenters. The van der Waals surface area contributed by atoms with Gasteiger partial charge in [0, 0.05) is 18.9 Å². The molecule has 1 aromatic rings. The van der Waals surface area contributed by atoms with E-state index in [1.807, 2.05) is 0 Å². The van der Waals surface area contributed by atoms with Gasteiger partial charge in [0.2, 0.25) is 5.91 Å². The largest absolute Gasteiger partial charge is 0.354 e. The van der Waals surface area contributed by atoms with Crippen LogP contribution in [0.15, 0.2) is 5.51 Å². The van der Waals surface area contributed by atoms with E-state index < -0.39 is 0 Å². The number of nitrogens with one attached hydrogen (secondary N) is 1. The predicted octanol–water partition coefficient (Wildman–Crippen LogP) is 0.920. The summed E-state index contributed by atoms with van der Waals surface area (Å²) in [6, 6.07) is 0.353. The second kappa shape index (κ2) is 3.41. The summed E-state index contributed by atoms with van der Waals surface area (Å²) in [5.41, 5.74) is 1.75. The second-order valence-electron chi connectivity index (χ2n) is 3.34. The number of hydrogen-bond acceptors (Lipinski definition) is 4. The minimum absolute atomic E-state index is 0.0562. The van der Waals surface area contributed by atoms with E-state index in [9.17, 15) is 4.79 Å². The van der Waals surface area contributed by atoms with Crippen molar-refractivity contribution in [1.82, 2.24) is 15.5 Å². The molecule has 70 valence electrons. The molecule has 2 rings (SSSR count). The Morgan fingerprint density at radius 2 is 2.46 bits per heavy atom. The monoisotopic (exact) mass is 197 g/mol. The smallest absolute Gasteiger partial charge is 0.217 e. The van der Waals surface area contributed by atoms with Crippen LogP contribution in [-0.2, 0) is 4.79 Å². The Bertz CT molecular complexity index is 292. The van der Waals surface area contributed by atoms with Crippen molar-refractivity contribution in [1.29, 1.82) is 0 Å². The van der Waals surface area contributed by atoms with Crippen molar-refractivity contribution in [2.24, 2.45) is 0 Å². The van der Waals surface area contributed by atoms with E-state index >= 15 is 0 Å². The number of amides is 1. The maximum Gasteiger partial charge on any atom is 0.217 e. The molecule has 1 N–H and O–H groups in total. The van der Waals surface area contributed by atoms with Crippen LogP contribution in [0, 0.1) is 0 Å². The highest BCUT2D eigenvalue weighted by atomic mass is 32.1. The van der Waals surface area contributed by atoms with Gasteiger partial charge in [-0.25, -0.2) is 0 Å². The van der Waals surface area contributed by atoms with E-state index in [1.54, 1.807) is 23.8 Å². The molecule has 13 heavy (non-hydrogen) atoms. The molecule has 1 amide bonds. The average molecular weight is 197 g/mol. The van der Waals surface area contributed by atoms with Gasteiger partial charge in [0.15, 0.2) is 0 Å². The molecule has 1 aliphatic rings. The van der Waals surface area contributed by atoms with E-state index in [4.69, 9.17) is 0 Å². The lowest BCUT2D eigenvalue weighted by Gasteiger charge is -2.33. The number of hydrogen-bond donors (Lipinski definition) is 1. The van der Waals surface area contributed by atoms with Crippen LogP contribution in [0.5, 0.6) is 0 Å². The van der Waals surface area contributed by atoms with Crippen LogP contribution in [0.4, 0.5) is 0 Å². The number of carbonyl (C=O) groups is 1. The Balaban J connectivity index is 1.82. The summed E-state index contributed by atoms with van der Waals surface area (Å²) in [5, 5.41) is 11.8. The van der Waals surface area contributed by atoms with Crippen molar-refractivity contribution in [2.75, 3.05) is 0 Å². The van der Waals surface area contributed by atoms with Crippen LogP contribution in [0.25, 0.3) is 0 Å². The summed E-state index contributed by atoms with van der Waals surface area (Å²) in [4.78, 5) is 10.7. The molecule has 0 bridgehead atoms. The third kappa shape index (κ3) is 1.85. The first-order valence-corrected chi connectivity index (χ1v) is 5.17. The lowest BCUT2D eigenvalue weighted by molar-refractivity contribution is -0.120. The van der Waals surface area contributed by atoms with Gasteiger partial charge in [0.05, 0.1) is 0 Å². The molecule has 0 atom stereocenters. The summed E-state index contributed by atoms with van der Waals surface area (Å²) in [6.45, 7) is 1.55. The molecule has 1 aliphatic carbocycles. The van der Waals surface area contributed by atoms with E-state index in [-0.39, 0.29) is 5.91 Å². The lowest BCUT2D eigenvalue weighted by Crippen LogP contribution is -2.42. The molecule has 0 radical (unpaired) electrons. The molecule has 1 fully saturated rings. The summed E-state index contributed by atoms with van der Waals surface area (Å²) in [6.07, 6.45) is 2.02. The molecule has 1 saturated carbocycles. The number of rotatable bonds is 2. The standard InChI is InChI=1S/C8H11N3OS/c1-5(12)10-7-2-6(3-7)8-11-9-4-13-8/h4,6-7H,2-3H2,1H3,(H,10,12). The average Bonchev–Trinajstić information content (AvgIpc) is 2.46. The SMILES string of the molecule is CC(=O)NC1CC(c2nncs2)C1. The van der Waals surface area contributed by atoms with Gasteiger partial charge in [-0.15, -0.1) is 21.5 Å². The van der Waals surface area contributed by atoms with Gasteiger partial charge in [0.1, 0.15) is 10.5 Å². The van der Waals surface area contributed by atoms with Crippen molar-refractivity contribution in [2.45, 2.75) is 31.7 Å². The van der Waals surface area contributed by atoms with Crippen LogP contribution >= 0.6 is 11.3 Å². The van der Waals surface area contributed by atoms with Gasteiger partial charge < -0.3 is 5.32 Å². The highest BCUT2D eigenvalue weighted by molar-refractivity contribution is 7.09. The van der Waals surface area contributed by atoms with Crippen molar-refractivity contribution >= 4 is 17.2 Å². The van der Waals surface area contributed by atoms with Crippen molar-refractivity contribution in [3.63, 3.8) is 0 Å². The van der Waals surface area contributed by atoms with Gasteiger partial charge in [-0.3, -0.25) is 4.79 Å². The first kappa shape index (κ1) is 8.62. The third-order valence-electron chi connectivity index (χ3n) is 2.27. The number of aromatic nitrogens is 2. The highest BCUT2D eigenvalue weighted by Crippen LogP contribution is 2.37. The minimum atomic E-state index is 0.0562. The van der Waals surface area contributed by atoms with Gasteiger partial charge >= 0.3 is 0 Å². The third-order valence-corrected chi connectivity index (χ3v) is 3.13. The molecule has 5 heteroatoms. The van der Waals surface area contributed by atoms with Gasteiger partial charge in [-0.05, 0) is 12.8 Å². The highest BCUT2D eigenvalue weighted by Gasteiger charge is 2.32. The zero-order chi connectivity index (χ0) is 9.26. The fourth-order valence-corrected chi connectivity index (χ4v) is 2.27. The van der Waals surface area contributed by atoms with Crippen molar-refractivity contribution < 1.29 is 4.79 Å². The van der Waals surface area contributed by atoms with E-state index in [1.165, 1.54) is 0 Å². The van der Waals surface area contributed by atoms with E-state index in [2.05, 4.69) is 15.5 Å². The van der Waals surface area contributed by atoms with Crippen molar-refractivity contribution in [3.05, 3.63) is 10.5 Å². The molecule has 0 aromatic carbocycles. The number of nitrogens with zero attached hydrogens (tertiary/aromatic N) is 2. The molecule has 0 saturated heterocycles. The van der Waals surface area contributed by atoms with Crippen LogP contribution < -0.4 is 5.32 Å². The maximum atomic E-state index is 10.7. The molecular formula is C8H11N3OS. The summed E-state index contributed by atoms with van der Waals surface area (Å²) in [5.74, 6) is 0.574. The van der Waals surface area contributed by atoms with Crippen LogP contribution in [0.1, 0.15) is 30.7 Å². The quantitative estimate of drug-likeness (QED) is 0.767. The van der Waals surface area contributed by atoms with Gasteiger partial charge in [-0.1, -0.05) is 0 Å². The Hall–Kier alpha value is -0.970. The number of carbonyl (C=O) groups excluding carboxylic acids is 1. The molecule has 1 heterocycles. The van der Waals surface area contributed by atoms with E-state index in [0.717, 1.165) is 17.8 Å². The zero-order valence-electron chi connectivity index (χ0n) is 7.36. The second-order valence-corrected chi connectivity index (χ2v) is 4.21. The predicted molar refractivity (Wildman–Crippen MR) is 49.5 cm³/mol. The Morgan fingerprint density at radius 3 is 3.00 bits per heavy atom. The first-order valence-electron chi connectivity index (χ1n) is 4.29. The molecule has 1 aromatic heterocycles. The first-order chi connectivity index (χ1) is 6.25. The molecular weight excluding hydrogens is 186 g/mol. The van der Waals surface area contributed by atoms with Crippen molar-refractivity contribution in [3.8, 4) is 0 Å². The Kier molecular flexibility index (Phi) is 2.26. The van der Waals surface area contributed by atoms with Crippen LogP contribution in [0.3, 0.4) is 0 Å². The summed E-state index contributed by atoms with van der Waals surface area (Å²) < 4.78 is 0.